The Balaban J connectivity index is 1.79. The second-order valence-electron chi connectivity index (χ2n) is 4.96. The van der Waals surface area contributed by atoms with Gasteiger partial charge in [0.1, 0.15) is 11.9 Å². The average molecular weight is 288 g/mol. The molecule has 1 unspecified atom stereocenters. The number of hydrogen-bond donors (Lipinski definition) is 2. The molecule has 1 aromatic carbocycles. The van der Waals surface area contributed by atoms with E-state index in [-0.39, 0.29) is 11.8 Å². The number of carbonyl (C=O) groups is 1. The monoisotopic (exact) mass is 288 g/mol. The Hall–Kier alpha value is -2.41. The van der Waals surface area contributed by atoms with Crippen LogP contribution < -0.4 is 10.5 Å². The van der Waals surface area contributed by atoms with Crippen molar-refractivity contribution in [1.29, 1.82) is 0 Å². The summed E-state index contributed by atoms with van der Waals surface area (Å²) >= 11 is 0. The van der Waals surface area contributed by atoms with Crippen LogP contribution in [-0.4, -0.2) is 38.7 Å². The van der Waals surface area contributed by atoms with Crippen LogP contribution in [0.15, 0.2) is 24.3 Å². The summed E-state index contributed by atoms with van der Waals surface area (Å²) in [6.07, 6.45) is 1.14. The molecule has 0 saturated carbocycles. The molecule has 0 radical (unpaired) electrons. The summed E-state index contributed by atoms with van der Waals surface area (Å²) in [6.45, 7) is 0.809. The summed E-state index contributed by atoms with van der Waals surface area (Å²) in [6, 6.07) is 7.86. The van der Waals surface area contributed by atoms with E-state index in [0.717, 1.165) is 17.7 Å². The second-order valence-corrected chi connectivity index (χ2v) is 4.96. The average Bonchev–Trinajstić information content (AvgIpc) is 3.03. The summed E-state index contributed by atoms with van der Waals surface area (Å²) < 4.78 is 7.44. The Kier molecular flexibility index (Phi) is 3.57. The molecule has 3 N–H and O–H groups in total. The summed E-state index contributed by atoms with van der Waals surface area (Å²) in [4.78, 5) is 11.1. The van der Waals surface area contributed by atoms with Gasteiger partial charge >= 0.3 is 5.97 Å². The first kappa shape index (κ1) is 13.6. The SMILES string of the molecule is NCCc1c(C(=O)O)nnn1CC1Cc2ccccc2O1. The van der Waals surface area contributed by atoms with E-state index in [2.05, 4.69) is 10.3 Å². The van der Waals surface area contributed by atoms with Gasteiger partial charge in [-0.3, -0.25) is 0 Å². The van der Waals surface area contributed by atoms with Crippen LogP contribution in [0.2, 0.25) is 0 Å². The van der Waals surface area contributed by atoms with Gasteiger partial charge in [0.25, 0.3) is 0 Å². The fourth-order valence-electron chi connectivity index (χ4n) is 2.58. The number of fused-ring (bicyclic) bond motifs is 1. The van der Waals surface area contributed by atoms with Crippen LogP contribution in [0.4, 0.5) is 0 Å². The van der Waals surface area contributed by atoms with Gasteiger partial charge in [-0.1, -0.05) is 23.4 Å². The zero-order valence-corrected chi connectivity index (χ0v) is 11.4. The number of aromatic nitrogens is 3. The fourth-order valence-corrected chi connectivity index (χ4v) is 2.58. The lowest BCUT2D eigenvalue weighted by Gasteiger charge is -2.12. The predicted molar refractivity (Wildman–Crippen MR) is 74.3 cm³/mol. The molecular weight excluding hydrogens is 272 g/mol. The van der Waals surface area contributed by atoms with Crippen molar-refractivity contribution in [2.45, 2.75) is 25.5 Å². The van der Waals surface area contributed by atoms with E-state index < -0.39 is 5.97 Å². The molecule has 21 heavy (non-hydrogen) atoms. The van der Waals surface area contributed by atoms with E-state index in [1.54, 1.807) is 4.68 Å². The first-order valence-corrected chi connectivity index (χ1v) is 6.79. The molecule has 0 amide bonds. The molecule has 0 aliphatic carbocycles. The molecule has 110 valence electrons. The van der Waals surface area contributed by atoms with E-state index in [0.29, 0.717) is 25.2 Å². The number of hydrogen-bond acceptors (Lipinski definition) is 5. The lowest BCUT2D eigenvalue weighted by molar-refractivity contribution is 0.0689. The number of benzene rings is 1. The van der Waals surface area contributed by atoms with Crippen molar-refractivity contribution in [1.82, 2.24) is 15.0 Å². The number of carboxylic acids is 1. The van der Waals surface area contributed by atoms with Gasteiger partial charge in [-0.15, -0.1) is 5.10 Å². The predicted octanol–water partition coefficient (Wildman–Crippen LogP) is 0.481. The molecule has 1 aliphatic heterocycles. The molecule has 2 heterocycles. The van der Waals surface area contributed by atoms with Crippen molar-refractivity contribution in [3.05, 3.63) is 41.2 Å². The summed E-state index contributed by atoms with van der Waals surface area (Å²) in [5.41, 5.74) is 7.21. The molecule has 2 aromatic rings. The lowest BCUT2D eigenvalue weighted by atomic mass is 10.1. The zero-order valence-electron chi connectivity index (χ0n) is 11.4. The number of ether oxygens (including phenoxy) is 1. The van der Waals surface area contributed by atoms with Gasteiger partial charge in [0, 0.05) is 12.8 Å². The first-order chi connectivity index (χ1) is 10.2. The van der Waals surface area contributed by atoms with E-state index in [4.69, 9.17) is 15.6 Å². The van der Waals surface area contributed by atoms with Gasteiger partial charge < -0.3 is 15.6 Å². The maximum Gasteiger partial charge on any atom is 0.358 e. The van der Waals surface area contributed by atoms with E-state index >= 15 is 0 Å². The molecule has 7 heteroatoms. The van der Waals surface area contributed by atoms with Crippen LogP contribution in [0.25, 0.3) is 0 Å². The second kappa shape index (κ2) is 5.53. The van der Waals surface area contributed by atoms with Gasteiger partial charge in [-0.25, -0.2) is 9.48 Å². The fraction of sp³-hybridized carbons (Fsp3) is 0.357. The Labute approximate surface area is 121 Å². The third-order valence-electron chi connectivity index (χ3n) is 3.51. The lowest BCUT2D eigenvalue weighted by Crippen LogP contribution is -2.24. The molecule has 0 spiro atoms. The molecule has 1 aliphatic rings. The number of nitrogens with zero attached hydrogens (tertiary/aromatic N) is 3. The topological polar surface area (TPSA) is 103 Å². The number of aromatic carboxylic acids is 1. The van der Waals surface area contributed by atoms with Crippen molar-refractivity contribution in [2.24, 2.45) is 5.73 Å². The van der Waals surface area contributed by atoms with Crippen molar-refractivity contribution >= 4 is 5.97 Å². The molecule has 0 fully saturated rings. The molecule has 0 saturated heterocycles. The standard InChI is InChI=1S/C14H16N4O3/c15-6-5-11-13(14(19)20)16-17-18(11)8-10-7-9-3-1-2-4-12(9)21-10/h1-4,10H,5-8,15H2,(H,19,20). The quantitative estimate of drug-likeness (QED) is 0.829. The minimum absolute atomic E-state index is 0.0315. The first-order valence-electron chi connectivity index (χ1n) is 6.79. The summed E-state index contributed by atoms with van der Waals surface area (Å²) in [5, 5.41) is 16.8. The highest BCUT2D eigenvalue weighted by Gasteiger charge is 2.26. The third kappa shape index (κ3) is 2.59. The zero-order chi connectivity index (χ0) is 14.8. The normalized spacial score (nSPS) is 16.5. The van der Waals surface area contributed by atoms with Gasteiger partial charge in [0.2, 0.25) is 0 Å². The smallest absolute Gasteiger partial charge is 0.358 e. The molecule has 1 aromatic heterocycles. The number of carboxylic acid groups (broad SMARTS) is 1. The highest BCUT2D eigenvalue weighted by molar-refractivity contribution is 5.86. The summed E-state index contributed by atoms with van der Waals surface area (Å²) in [7, 11) is 0. The molecule has 0 bridgehead atoms. The van der Waals surface area contributed by atoms with Gasteiger partial charge in [0.05, 0.1) is 12.2 Å². The minimum atomic E-state index is -1.08. The Morgan fingerprint density at radius 3 is 3.00 bits per heavy atom. The van der Waals surface area contributed by atoms with Crippen molar-refractivity contribution in [3.63, 3.8) is 0 Å². The Morgan fingerprint density at radius 1 is 1.48 bits per heavy atom. The van der Waals surface area contributed by atoms with Gasteiger partial charge in [-0.05, 0) is 18.2 Å². The number of para-hydroxylation sites is 1. The van der Waals surface area contributed by atoms with Crippen LogP contribution >= 0.6 is 0 Å². The van der Waals surface area contributed by atoms with Crippen LogP contribution in [0.5, 0.6) is 5.75 Å². The number of nitrogens with two attached hydrogens (primary N) is 1. The Morgan fingerprint density at radius 2 is 2.29 bits per heavy atom. The van der Waals surface area contributed by atoms with Crippen LogP contribution in [0, 0.1) is 0 Å². The van der Waals surface area contributed by atoms with Crippen molar-refractivity contribution < 1.29 is 14.6 Å². The highest BCUT2D eigenvalue weighted by Crippen LogP contribution is 2.28. The van der Waals surface area contributed by atoms with Crippen molar-refractivity contribution in [3.8, 4) is 5.75 Å². The third-order valence-corrected chi connectivity index (χ3v) is 3.51. The van der Waals surface area contributed by atoms with E-state index in [1.165, 1.54) is 0 Å². The molecule has 1 atom stereocenters. The maximum atomic E-state index is 11.1. The van der Waals surface area contributed by atoms with Gasteiger partial charge in [-0.2, -0.15) is 0 Å². The maximum absolute atomic E-state index is 11.1. The molecule has 7 nitrogen and oxygen atoms in total. The minimum Gasteiger partial charge on any atom is -0.488 e. The van der Waals surface area contributed by atoms with Gasteiger partial charge in [0.15, 0.2) is 5.69 Å². The molecular formula is C14H16N4O3. The van der Waals surface area contributed by atoms with E-state index in [1.807, 2.05) is 24.3 Å². The Bertz CT molecular complexity index is 643. The highest BCUT2D eigenvalue weighted by atomic mass is 16.5. The number of rotatable bonds is 5. The van der Waals surface area contributed by atoms with Crippen LogP contribution in [-0.2, 0) is 19.4 Å². The van der Waals surface area contributed by atoms with Crippen LogP contribution in [0.3, 0.4) is 0 Å². The van der Waals surface area contributed by atoms with E-state index in [9.17, 15) is 4.79 Å². The molecule has 3 rings (SSSR count). The summed E-state index contributed by atoms with van der Waals surface area (Å²) in [5.74, 6) is -0.207. The largest absolute Gasteiger partial charge is 0.488 e. The van der Waals surface area contributed by atoms with Crippen molar-refractivity contribution in [2.75, 3.05) is 6.54 Å². The van der Waals surface area contributed by atoms with Crippen LogP contribution in [0.1, 0.15) is 21.7 Å².